The molecule has 2 aliphatic rings. The number of hydrogen-bond donors (Lipinski definition) is 2. The molecular weight excluding hydrogens is 490 g/mol. The molecule has 2 fully saturated rings. The topological polar surface area (TPSA) is 129 Å². The van der Waals surface area contributed by atoms with Gasteiger partial charge in [-0.15, -0.1) is 0 Å². The molecular formula is C28H29N3O5S. The van der Waals surface area contributed by atoms with Crippen LogP contribution in [0.1, 0.15) is 61.9 Å². The zero-order valence-electron chi connectivity index (χ0n) is 20.7. The normalized spacial score (nSPS) is 18.4. The van der Waals surface area contributed by atoms with Crippen LogP contribution >= 0.6 is 0 Å². The highest BCUT2D eigenvalue weighted by molar-refractivity contribution is 7.90. The lowest BCUT2D eigenvalue weighted by molar-refractivity contribution is -0.128. The molecule has 1 heterocycles. The van der Waals surface area contributed by atoms with Crippen LogP contribution in [0.2, 0.25) is 0 Å². The van der Waals surface area contributed by atoms with E-state index in [0.29, 0.717) is 31.3 Å². The number of carbonyl (C=O) groups excluding carboxylic acids is 2. The van der Waals surface area contributed by atoms with Gasteiger partial charge in [-0.1, -0.05) is 49.9 Å². The number of nitriles is 1. The third-order valence-corrected chi connectivity index (χ3v) is 8.55. The number of sulfone groups is 1. The summed E-state index contributed by atoms with van der Waals surface area (Å²) in [5, 5.41) is 16.1. The molecule has 192 valence electrons. The van der Waals surface area contributed by atoms with E-state index in [2.05, 4.69) is 16.7 Å². The SMILES string of the molecule is CS(=O)(=O)c1ccc(-c2ccc3cc(C(=O)NC4(C(=O)NC5(C#N)CC5)CCCCCC4)oc3c2)cc1. The predicted molar refractivity (Wildman–Crippen MR) is 138 cm³/mol. The Balaban J connectivity index is 1.39. The van der Waals surface area contributed by atoms with Gasteiger partial charge in [-0.25, -0.2) is 8.42 Å². The summed E-state index contributed by atoms with van der Waals surface area (Å²) in [6.07, 6.45) is 7.06. The monoisotopic (exact) mass is 519 g/mol. The van der Waals surface area contributed by atoms with Crippen LogP contribution in [0, 0.1) is 11.3 Å². The average molecular weight is 520 g/mol. The summed E-state index contributed by atoms with van der Waals surface area (Å²) >= 11 is 0. The van der Waals surface area contributed by atoms with E-state index >= 15 is 0 Å². The molecule has 9 heteroatoms. The van der Waals surface area contributed by atoms with Gasteiger partial charge in [-0.3, -0.25) is 9.59 Å². The molecule has 0 atom stereocenters. The van der Waals surface area contributed by atoms with Crippen LogP contribution in [-0.4, -0.2) is 37.6 Å². The van der Waals surface area contributed by atoms with Crippen molar-refractivity contribution in [2.45, 2.75) is 67.3 Å². The fourth-order valence-electron chi connectivity index (χ4n) is 4.96. The fourth-order valence-corrected chi connectivity index (χ4v) is 5.59. The summed E-state index contributed by atoms with van der Waals surface area (Å²) in [5.74, 6) is -0.649. The molecule has 37 heavy (non-hydrogen) atoms. The summed E-state index contributed by atoms with van der Waals surface area (Å²) in [6.45, 7) is 0. The molecule has 2 aromatic carbocycles. The number of benzene rings is 2. The quantitative estimate of drug-likeness (QED) is 0.462. The van der Waals surface area contributed by atoms with Crippen molar-refractivity contribution in [2.75, 3.05) is 6.26 Å². The first kappa shape index (κ1) is 25.0. The lowest BCUT2D eigenvalue weighted by Gasteiger charge is -2.33. The van der Waals surface area contributed by atoms with Crippen molar-refractivity contribution in [3.05, 3.63) is 54.3 Å². The van der Waals surface area contributed by atoms with Gasteiger partial charge in [0.05, 0.1) is 11.0 Å². The minimum absolute atomic E-state index is 0.109. The van der Waals surface area contributed by atoms with Gasteiger partial charge in [0.25, 0.3) is 5.91 Å². The van der Waals surface area contributed by atoms with Crippen LogP contribution in [0.25, 0.3) is 22.1 Å². The van der Waals surface area contributed by atoms with Gasteiger partial charge in [-0.05, 0) is 61.1 Å². The number of nitrogens with zero attached hydrogens (tertiary/aromatic N) is 1. The van der Waals surface area contributed by atoms with Crippen molar-refractivity contribution in [1.82, 2.24) is 10.6 Å². The molecule has 1 aromatic heterocycles. The maximum Gasteiger partial charge on any atom is 0.287 e. The second-order valence-electron chi connectivity index (χ2n) is 10.3. The van der Waals surface area contributed by atoms with Crippen LogP contribution in [0.4, 0.5) is 0 Å². The summed E-state index contributed by atoms with van der Waals surface area (Å²) < 4.78 is 29.4. The third kappa shape index (κ3) is 5.12. The Morgan fingerprint density at radius 3 is 2.14 bits per heavy atom. The van der Waals surface area contributed by atoms with E-state index in [-0.39, 0.29) is 16.6 Å². The Labute approximate surface area is 216 Å². The third-order valence-electron chi connectivity index (χ3n) is 7.42. The van der Waals surface area contributed by atoms with E-state index < -0.39 is 26.8 Å². The molecule has 8 nitrogen and oxygen atoms in total. The average Bonchev–Trinajstić information content (AvgIpc) is 3.58. The molecule has 2 aliphatic carbocycles. The first-order chi connectivity index (χ1) is 17.6. The summed E-state index contributed by atoms with van der Waals surface area (Å²) in [7, 11) is -3.28. The fraction of sp³-hybridized carbons (Fsp3) is 0.393. The summed E-state index contributed by atoms with van der Waals surface area (Å²) in [6, 6.07) is 16.0. The smallest absolute Gasteiger partial charge is 0.287 e. The maximum absolute atomic E-state index is 13.4. The second-order valence-corrected chi connectivity index (χ2v) is 12.3. The van der Waals surface area contributed by atoms with Gasteiger partial charge in [0.2, 0.25) is 5.91 Å². The highest BCUT2D eigenvalue weighted by Crippen LogP contribution is 2.37. The number of nitrogens with one attached hydrogen (secondary N) is 2. The van der Waals surface area contributed by atoms with E-state index in [4.69, 9.17) is 4.42 Å². The van der Waals surface area contributed by atoms with Gasteiger partial charge in [0, 0.05) is 11.6 Å². The Morgan fingerprint density at radius 1 is 0.892 bits per heavy atom. The zero-order valence-corrected chi connectivity index (χ0v) is 21.5. The largest absolute Gasteiger partial charge is 0.451 e. The molecule has 2 amide bonds. The second kappa shape index (κ2) is 9.34. The Bertz CT molecular complexity index is 1500. The van der Waals surface area contributed by atoms with Crippen molar-refractivity contribution in [1.29, 1.82) is 5.26 Å². The lowest BCUT2D eigenvalue weighted by Crippen LogP contribution is -2.60. The Morgan fingerprint density at radius 2 is 1.54 bits per heavy atom. The maximum atomic E-state index is 13.4. The Kier molecular flexibility index (Phi) is 6.32. The summed E-state index contributed by atoms with van der Waals surface area (Å²) in [4.78, 5) is 26.9. The first-order valence-electron chi connectivity index (χ1n) is 12.5. The highest BCUT2D eigenvalue weighted by Gasteiger charge is 2.49. The minimum Gasteiger partial charge on any atom is -0.451 e. The predicted octanol–water partition coefficient (Wildman–Crippen LogP) is 4.50. The van der Waals surface area contributed by atoms with Crippen LogP contribution in [-0.2, 0) is 14.6 Å². The van der Waals surface area contributed by atoms with E-state index in [1.807, 2.05) is 12.1 Å². The van der Waals surface area contributed by atoms with Crippen molar-refractivity contribution in [3.8, 4) is 17.2 Å². The van der Waals surface area contributed by atoms with Crippen LogP contribution in [0.3, 0.4) is 0 Å². The summed E-state index contributed by atoms with van der Waals surface area (Å²) in [5.41, 5.74) is 0.259. The molecule has 0 radical (unpaired) electrons. The van der Waals surface area contributed by atoms with Gasteiger partial charge >= 0.3 is 0 Å². The molecule has 2 N–H and O–H groups in total. The van der Waals surface area contributed by atoms with E-state index in [1.54, 1.807) is 36.4 Å². The minimum atomic E-state index is -3.28. The van der Waals surface area contributed by atoms with Crippen molar-refractivity contribution in [3.63, 3.8) is 0 Å². The van der Waals surface area contributed by atoms with Crippen LogP contribution in [0.5, 0.6) is 0 Å². The molecule has 0 bridgehead atoms. The molecule has 5 rings (SSSR count). The standard InChI is InChI=1S/C28H29N3O5S/c1-37(34,35)22-10-8-19(9-11-22)20-6-7-21-17-24(36-23(21)16-20)25(32)30-28(12-4-2-3-5-13-28)26(33)31-27(18-29)14-15-27/h6-11,16-17H,2-5,12-15H2,1H3,(H,30,32)(H,31,33). The number of rotatable bonds is 6. The molecule has 2 saturated carbocycles. The van der Waals surface area contributed by atoms with E-state index in [1.165, 1.54) is 6.26 Å². The van der Waals surface area contributed by atoms with E-state index in [9.17, 15) is 23.3 Å². The molecule has 0 aliphatic heterocycles. The lowest BCUT2D eigenvalue weighted by atomic mass is 9.88. The van der Waals surface area contributed by atoms with Crippen molar-refractivity contribution in [2.24, 2.45) is 0 Å². The number of amides is 2. The molecule has 0 saturated heterocycles. The molecule has 3 aromatic rings. The number of hydrogen-bond acceptors (Lipinski definition) is 6. The zero-order chi connectivity index (χ0) is 26.3. The number of carbonyl (C=O) groups is 2. The van der Waals surface area contributed by atoms with Crippen LogP contribution in [0.15, 0.2) is 57.8 Å². The molecule has 0 spiro atoms. The van der Waals surface area contributed by atoms with E-state index in [0.717, 1.165) is 42.2 Å². The van der Waals surface area contributed by atoms with Crippen molar-refractivity contribution >= 4 is 32.6 Å². The van der Waals surface area contributed by atoms with Gasteiger partial charge in [-0.2, -0.15) is 5.26 Å². The van der Waals surface area contributed by atoms with Gasteiger partial charge in [0.1, 0.15) is 16.7 Å². The first-order valence-corrected chi connectivity index (χ1v) is 14.4. The van der Waals surface area contributed by atoms with Crippen LogP contribution < -0.4 is 10.6 Å². The van der Waals surface area contributed by atoms with Gasteiger partial charge < -0.3 is 15.1 Å². The number of furan rings is 1. The van der Waals surface area contributed by atoms with Crippen molar-refractivity contribution < 1.29 is 22.4 Å². The molecule has 0 unspecified atom stereocenters. The Hall–Kier alpha value is -3.64. The van der Waals surface area contributed by atoms with Gasteiger partial charge in [0.15, 0.2) is 15.6 Å². The highest BCUT2D eigenvalue weighted by atomic mass is 32.2. The number of fused-ring (bicyclic) bond motifs is 1.